The van der Waals surface area contributed by atoms with Gasteiger partial charge < -0.3 is 10.2 Å². The summed E-state index contributed by atoms with van der Waals surface area (Å²) in [5, 5.41) is 3.93. The van der Waals surface area contributed by atoms with E-state index in [2.05, 4.69) is 18.5 Å². The van der Waals surface area contributed by atoms with Crippen molar-refractivity contribution in [3.05, 3.63) is 24.3 Å². The Labute approximate surface area is 157 Å². The number of hydroxylamine groups is 2. The molecule has 148 valence electrons. The lowest BCUT2D eigenvalue weighted by Gasteiger charge is -2.12. The van der Waals surface area contributed by atoms with E-state index in [9.17, 15) is 14.4 Å². The molecule has 0 unspecified atom stereocenters. The zero-order valence-electron chi connectivity index (χ0n) is 16.7. The molecule has 26 heavy (non-hydrogen) atoms. The van der Waals surface area contributed by atoms with Crippen LogP contribution in [0.3, 0.4) is 0 Å². The monoisotopic (exact) mass is 366 g/mol. The Hall–Kier alpha value is -1.95. The molecular formula is C20H34N2O4. The number of hydrogen-bond acceptors (Lipinski definition) is 5. The molecule has 0 radical (unpaired) electrons. The molecule has 1 N–H and O–H groups in total. The van der Waals surface area contributed by atoms with Gasteiger partial charge in [0, 0.05) is 31.7 Å². The second-order valence-corrected chi connectivity index (χ2v) is 5.66. The number of rotatable bonds is 9. The van der Waals surface area contributed by atoms with E-state index in [1.165, 1.54) is 0 Å². The Bertz CT molecular complexity index is 484. The Morgan fingerprint density at radius 2 is 1.58 bits per heavy atom. The molecule has 1 heterocycles. The lowest BCUT2D eigenvalue weighted by Crippen LogP contribution is -2.31. The maximum Gasteiger partial charge on any atom is 0.333 e. The molecule has 1 aliphatic heterocycles. The van der Waals surface area contributed by atoms with Crippen LogP contribution in [0, 0.1) is 5.92 Å². The highest BCUT2D eigenvalue weighted by atomic mass is 16.7. The Balaban J connectivity index is 0.00000146. The number of carbonyl (C=O) groups is 3. The van der Waals surface area contributed by atoms with Crippen molar-refractivity contribution in [2.45, 2.75) is 66.2 Å². The standard InChI is InChI=1S/C16H22N2O4.2C2H6/c1-11-12(2)13(11)10-17-9-5-3-4-6-16(21)22-18-14(19)7-8-15(18)20;2*1-2/h13,17H,1-10H2;2*1-2H3. The van der Waals surface area contributed by atoms with Crippen LogP contribution in [0.25, 0.3) is 0 Å². The molecule has 0 bridgehead atoms. The molecular weight excluding hydrogens is 332 g/mol. The Morgan fingerprint density at radius 3 is 2.08 bits per heavy atom. The maximum absolute atomic E-state index is 11.5. The van der Waals surface area contributed by atoms with Gasteiger partial charge in [-0.2, -0.15) is 0 Å². The van der Waals surface area contributed by atoms with Gasteiger partial charge in [-0.3, -0.25) is 9.59 Å². The second-order valence-electron chi connectivity index (χ2n) is 5.66. The first-order valence-corrected chi connectivity index (χ1v) is 9.66. The van der Waals surface area contributed by atoms with Gasteiger partial charge >= 0.3 is 5.97 Å². The van der Waals surface area contributed by atoms with E-state index >= 15 is 0 Å². The van der Waals surface area contributed by atoms with Gasteiger partial charge in [-0.05, 0) is 30.5 Å². The van der Waals surface area contributed by atoms with Crippen molar-refractivity contribution in [3.8, 4) is 0 Å². The predicted octanol–water partition coefficient (Wildman–Crippen LogP) is 3.54. The van der Waals surface area contributed by atoms with Crippen LogP contribution in [-0.4, -0.2) is 35.9 Å². The minimum Gasteiger partial charge on any atom is -0.330 e. The summed E-state index contributed by atoms with van der Waals surface area (Å²) in [5.41, 5.74) is 2.28. The van der Waals surface area contributed by atoms with Gasteiger partial charge in [-0.15, -0.1) is 5.06 Å². The first-order valence-electron chi connectivity index (χ1n) is 9.66. The summed E-state index contributed by atoms with van der Waals surface area (Å²) in [5.74, 6) is -0.968. The van der Waals surface area contributed by atoms with Crippen molar-refractivity contribution in [2.24, 2.45) is 5.92 Å². The largest absolute Gasteiger partial charge is 0.333 e. The van der Waals surface area contributed by atoms with E-state index in [0.717, 1.165) is 37.1 Å². The molecule has 1 saturated heterocycles. The Morgan fingerprint density at radius 1 is 1.04 bits per heavy atom. The van der Waals surface area contributed by atoms with Gasteiger partial charge in [-0.1, -0.05) is 47.3 Å². The fraction of sp³-hybridized carbons (Fsp3) is 0.650. The SMILES string of the molecule is C=C1C(=C)C1CNCCCCCC(=O)ON1C(=O)CCC1=O.CC.CC. The average Bonchev–Trinajstić information content (AvgIpc) is 3.10. The van der Waals surface area contributed by atoms with Crippen molar-refractivity contribution in [3.63, 3.8) is 0 Å². The van der Waals surface area contributed by atoms with E-state index in [0.29, 0.717) is 17.4 Å². The van der Waals surface area contributed by atoms with E-state index < -0.39 is 17.8 Å². The van der Waals surface area contributed by atoms with Crippen LogP contribution < -0.4 is 5.32 Å². The molecule has 0 aromatic rings. The third-order valence-electron chi connectivity index (χ3n) is 3.95. The summed E-state index contributed by atoms with van der Waals surface area (Å²) in [6.45, 7) is 17.5. The normalized spacial score (nSPS) is 15.9. The smallest absolute Gasteiger partial charge is 0.330 e. The molecule has 2 aliphatic rings. The van der Waals surface area contributed by atoms with Gasteiger partial charge in [0.2, 0.25) is 0 Å². The average molecular weight is 367 g/mol. The summed E-state index contributed by atoms with van der Waals surface area (Å²) in [6, 6.07) is 0. The summed E-state index contributed by atoms with van der Waals surface area (Å²) < 4.78 is 0. The number of imide groups is 1. The highest BCUT2D eigenvalue weighted by Gasteiger charge is 2.33. The fourth-order valence-corrected chi connectivity index (χ4v) is 2.37. The number of nitrogens with zero attached hydrogens (tertiary/aromatic N) is 1. The van der Waals surface area contributed by atoms with E-state index in [1.807, 2.05) is 27.7 Å². The highest BCUT2D eigenvalue weighted by molar-refractivity contribution is 6.01. The van der Waals surface area contributed by atoms with Crippen LogP contribution in [-0.2, 0) is 19.2 Å². The molecule has 2 amide bonds. The number of hydrogen-bond donors (Lipinski definition) is 1. The summed E-state index contributed by atoms with van der Waals surface area (Å²) >= 11 is 0. The van der Waals surface area contributed by atoms with Gasteiger partial charge in [0.15, 0.2) is 0 Å². The lowest BCUT2D eigenvalue weighted by atomic mass is 10.2. The quantitative estimate of drug-likeness (QED) is 0.499. The molecule has 6 nitrogen and oxygen atoms in total. The fourth-order valence-electron chi connectivity index (χ4n) is 2.37. The second kappa shape index (κ2) is 13.3. The molecule has 6 heteroatoms. The molecule has 1 aliphatic carbocycles. The molecule has 0 atom stereocenters. The lowest BCUT2D eigenvalue weighted by molar-refractivity contribution is -0.197. The first kappa shape index (κ1) is 24.1. The maximum atomic E-state index is 11.5. The van der Waals surface area contributed by atoms with Crippen molar-refractivity contribution >= 4 is 17.8 Å². The summed E-state index contributed by atoms with van der Waals surface area (Å²) in [4.78, 5) is 38.9. The molecule has 0 aromatic heterocycles. The summed E-state index contributed by atoms with van der Waals surface area (Å²) in [7, 11) is 0. The number of amides is 2. The van der Waals surface area contributed by atoms with Gasteiger partial charge in [0.25, 0.3) is 11.8 Å². The minimum absolute atomic E-state index is 0.123. The van der Waals surface area contributed by atoms with Gasteiger partial charge in [-0.25, -0.2) is 4.79 Å². The van der Waals surface area contributed by atoms with Crippen molar-refractivity contribution in [1.29, 1.82) is 0 Å². The van der Waals surface area contributed by atoms with Crippen molar-refractivity contribution in [1.82, 2.24) is 10.4 Å². The molecule has 0 spiro atoms. The van der Waals surface area contributed by atoms with Crippen LogP contribution in [0.5, 0.6) is 0 Å². The number of nitrogens with one attached hydrogen (secondary N) is 1. The molecule has 0 aromatic carbocycles. The molecule has 2 fully saturated rings. The highest BCUT2D eigenvalue weighted by Crippen LogP contribution is 2.40. The third-order valence-corrected chi connectivity index (χ3v) is 3.95. The van der Waals surface area contributed by atoms with Gasteiger partial charge in [0.1, 0.15) is 0 Å². The third kappa shape index (κ3) is 7.95. The molecule has 1 saturated carbocycles. The minimum atomic E-state index is -0.526. The number of unbranched alkanes of at least 4 members (excludes halogenated alkanes) is 2. The van der Waals surface area contributed by atoms with Crippen LogP contribution in [0.1, 0.15) is 66.2 Å². The van der Waals surface area contributed by atoms with Crippen LogP contribution in [0.4, 0.5) is 0 Å². The number of carbonyl (C=O) groups excluding carboxylic acids is 3. The van der Waals surface area contributed by atoms with Crippen LogP contribution in [0.2, 0.25) is 0 Å². The van der Waals surface area contributed by atoms with Crippen LogP contribution >= 0.6 is 0 Å². The van der Waals surface area contributed by atoms with Crippen LogP contribution in [0.15, 0.2) is 24.3 Å². The predicted molar refractivity (Wildman–Crippen MR) is 103 cm³/mol. The van der Waals surface area contributed by atoms with Crippen molar-refractivity contribution < 1.29 is 19.2 Å². The van der Waals surface area contributed by atoms with Crippen molar-refractivity contribution in [2.75, 3.05) is 13.1 Å². The Kier molecular flexibility index (Phi) is 12.3. The first-order chi connectivity index (χ1) is 12.5. The van der Waals surface area contributed by atoms with E-state index in [4.69, 9.17) is 4.84 Å². The zero-order valence-corrected chi connectivity index (χ0v) is 16.7. The van der Waals surface area contributed by atoms with E-state index in [-0.39, 0.29) is 19.3 Å². The zero-order chi connectivity index (χ0) is 20.1. The van der Waals surface area contributed by atoms with E-state index in [1.54, 1.807) is 0 Å². The molecule has 2 rings (SSSR count). The summed E-state index contributed by atoms with van der Waals surface area (Å²) in [6.07, 6.45) is 2.99. The van der Waals surface area contributed by atoms with Gasteiger partial charge in [0.05, 0.1) is 0 Å². The topological polar surface area (TPSA) is 75.7 Å².